The molecule has 82 valence electrons. The van der Waals surface area contributed by atoms with Crippen LogP contribution in [-0.4, -0.2) is 69.3 Å². The molecule has 1 N–H and O–H groups in total. The number of carbonyl (C=O) groups is 1. The Morgan fingerprint density at radius 1 is 1.57 bits per heavy atom. The molecule has 0 atom stereocenters. The van der Waals surface area contributed by atoms with Crippen LogP contribution in [0.1, 0.15) is 0 Å². The first-order valence-corrected chi connectivity index (χ1v) is 4.69. The van der Waals surface area contributed by atoms with Gasteiger partial charge in [0, 0.05) is 20.7 Å². The lowest BCUT2D eigenvalue weighted by molar-refractivity contribution is -0.115. The van der Waals surface area contributed by atoms with Gasteiger partial charge >= 0.3 is 6.03 Å². The average Bonchev–Trinajstić information content (AvgIpc) is 2.09. The van der Waals surface area contributed by atoms with Gasteiger partial charge in [0.15, 0.2) is 0 Å². The SMILES string of the molecule is CNC(=O)N1CC(CN(C)C)(OC)C1. The van der Waals surface area contributed by atoms with E-state index in [2.05, 4.69) is 10.2 Å². The molecule has 0 aromatic rings. The highest BCUT2D eigenvalue weighted by molar-refractivity contribution is 5.75. The average molecular weight is 201 g/mol. The highest BCUT2D eigenvalue weighted by atomic mass is 16.5. The Bertz CT molecular complexity index is 212. The van der Waals surface area contributed by atoms with Crippen LogP contribution in [-0.2, 0) is 4.74 Å². The van der Waals surface area contributed by atoms with Crippen LogP contribution in [0.2, 0.25) is 0 Å². The minimum atomic E-state index is -0.171. The van der Waals surface area contributed by atoms with Gasteiger partial charge in [0.25, 0.3) is 0 Å². The number of ether oxygens (including phenoxy) is 1. The maximum Gasteiger partial charge on any atom is 0.317 e. The summed E-state index contributed by atoms with van der Waals surface area (Å²) in [6.45, 7) is 2.18. The van der Waals surface area contributed by atoms with Gasteiger partial charge in [-0.25, -0.2) is 4.79 Å². The summed E-state index contributed by atoms with van der Waals surface area (Å²) in [7, 11) is 7.35. The van der Waals surface area contributed by atoms with Gasteiger partial charge in [-0.1, -0.05) is 0 Å². The number of methoxy groups -OCH3 is 1. The third kappa shape index (κ3) is 2.16. The first-order chi connectivity index (χ1) is 6.53. The second kappa shape index (κ2) is 4.14. The van der Waals surface area contributed by atoms with Crippen LogP contribution in [0, 0.1) is 0 Å². The van der Waals surface area contributed by atoms with E-state index in [0.717, 1.165) is 6.54 Å². The number of urea groups is 1. The van der Waals surface area contributed by atoms with Gasteiger partial charge in [-0.3, -0.25) is 0 Å². The zero-order chi connectivity index (χ0) is 10.8. The lowest BCUT2D eigenvalue weighted by Crippen LogP contribution is -2.69. The topological polar surface area (TPSA) is 44.8 Å². The fraction of sp³-hybridized carbons (Fsp3) is 0.889. The molecule has 0 unspecified atom stereocenters. The van der Waals surface area contributed by atoms with Crippen LogP contribution in [0.5, 0.6) is 0 Å². The summed E-state index contributed by atoms with van der Waals surface area (Å²) in [5.74, 6) is 0. The standard InChI is InChI=1S/C9H19N3O2/c1-10-8(13)12-6-9(7-12,14-4)5-11(2)3/h5-7H2,1-4H3,(H,10,13). The van der Waals surface area contributed by atoms with Crippen LogP contribution in [0.4, 0.5) is 4.79 Å². The summed E-state index contributed by atoms with van der Waals surface area (Å²) in [5, 5.41) is 2.60. The van der Waals surface area contributed by atoms with Crippen molar-refractivity contribution < 1.29 is 9.53 Å². The second-order valence-electron chi connectivity index (χ2n) is 4.04. The van der Waals surface area contributed by atoms with E-state index in [0.29, 0.717) is 13.1 Å². The van der Waals surface area contributed by atoms with Gasteiger partial charge < -0.3 is 19.9 Å². The number of carbonyl (C=O) groups excluding carboxylic acids is 1. The Kier molecular flexibility index (Phi) is 3.34. The summed E-state index contributed by atoms with van der Waals surface area (Å²) in [5.41, 5.74) is -0.171. The Morgan fingerprint density at radius 2 is 2.14 bits per heavy atom. The molecule has 0 aromatic carbocycles. The van der Waals surface area contributed by atoms with Crippen molar-refractivity contribution in [1.82, 2.24) is 15.1 Å². The molecule has 14 heavy (non-hydrogen) atoms. The molecule has 1 aliphatic heterocycles. The molecule has 1 fully saturated rings. The molecule has 0 aromatic heterocycles. The van der Waals surface area contributed by atoms with Crippen molar-refractivity contribution in [2.24, 2.45) is 0 Å². The Labute approximate surface area is 85.0 Å². The normalized spacial score (nSPS) is 19.4. The number of amides is 2. The molecular formula is C9H19N3O2. The molecule has 5 heteroatoms. The number of likely N-dealkylation sites (tertiary alicyclic amines) is 1. The molecule has 2 amide bonds. The van der Waals surface area contributed by atoms with Crippen molar-refractivity contribution in [2.45, 2.75) is 5.60 Å². The predicted octanol–water partition coefficient (Wildman–Crippen LogP) is -0.412. The molecule has 0 spiro atoms. The van der Waals surface area contributed by atoms with Gasteiger partial charge in [0.2, 0.25) is 0 Å². The number of hydrogen-bond donors (Lipinski definition) is 1. The molecule has 0 radical (unpaired) electrons. The second-order valence-corrected chi connectivity index (χ2v) is 4.04. The van der Waals surface area contributed by atoms with E-state index in [1.807, 2.05) is 14.1 Å². The van der Waals surface area contributed by atoms with E-state index >= 15 is 0 Å². The van der Waals surface area contributed by atoms with Crippen molar-refractivity contribution in [1.29, 1.82) is 0 Å². The van der Waals surface area contributed by atoms with E-state index < -0.39 is 0 Å². The molecule has 1 saturated heterocycles. The van der Waals surface area contributed by atoms with E-state index in [1.54, 1.807) is 19.1 Å². The monoisotopic (exact) mass is 201 g/mol. The Morgan fingerprint density at radius 3 is 2.50 bits per heavy atom. The van der Waals surface area contributed by atoms with Crippen molar-refractivity contribution in [3.63, 3.8) is 0 Å². The van der Waals surface area contributed by atoms with E-state index in [9.17, 15) is 4.79 Å². The van der Waals surface area contributed by atoms with E-state index in [4.69, 9.17) is 4.74 Å². The highest BCUT2D eigenvalue weighted by Gasteiger charge is 2.45. The number of rotatable bonds is 3. The molecule has 0 aliphatic carbocycles. The van der Waals surface area contributed by atoms with Gasteiger partial charge in [0.05, 0.1) is 13.1 Å². The van der Waals surface area contributed by atoms with Crippen LogP contribution in [0.25, 0.3) is 0 Å². The van der Waals surface area contributed by atoms with Gasteiger partial charge in [0.1, 0.15) is 5.60 Å². The first kappa shape index (κ1) is 11.3. The fourth-order valence-electron chi connectivity index (χ4n) is 1.82. The van der Waals surface area contributed by atoms with Gasteiger partial charge in [-0.15, -0.1) is 0 Å². The van der Waals surface area contributed by atoms with Crippen LogP contribution in [0.3, 0.4) is 0 Å². The van der Waals surface area contributed by atoms with Crippen molar-refractivity contribution in [3.05, 3.63) is 0 Å². The van der Waals surface area contributed by atoms with E-state index in [-0.39, 0.29) is 11.6 Å². The number of likely N-dealkylation sites (N-methyl/N-ethyl adjacent to an activating group) is 1. The third-order valence-corrected chi connectivity index (χ3v) is 2.50. The molecule has 1 rings (SSSR count). The van der Waals surface area contributed by atoms with Gasteiger partial charge in [-0.2, -0.15) is 0 Å². The highest BCUT2D eigenvalue weighted by Crippen LogP contribution is 2.24. The lowest BCUT2D eigenvalue weighted by atomic mass is 9.93. The quantitative estimate of drug-likeness (QED) is 0.675. The van der Waals surface area contributed by atoms with Crippen molar-refractivity contribution >= 4 is 6.03 Å². The Balaban J connectivity index is 2.44. The summed E-state index contributed by atoms with van der Waals surface area (Å²) >= 11 is 0. The van der Waals surface area contributed by atoms with Crippen LogP contribution in [0.15, 0.2) is 0 Å². The number of hydrogen-bond acceptors (Lipinski definition) is 3. The van der Waals surface area contributed by atoms with Gasteiger partial charge in [-0.05, 0) is 14.1 Å². The maximum absolute atomic E-state index is 11.2. The largest absolute Gasteiger partial charge is 0.373 e. The predicted molar refractivity (Wildman–Crippen MR) is 54.3 cm³/mol. The molecule has 5 nitrogen and oxygen atoms in total. The summed E-state index contributed by atoms with van der Waals surface area (Å²) in [6.07, 6.45) is 0. The molecular weight excluding hydrogens is 182 g/mol. The minimum absolute atomic E-state index is 0.0311. The fourth-order valence-corrected chi connectivity index (χ4v) is 1.82. The van der Waals surface area contributed by atoms with Crippen molar-refractivity contribution in [2.75, 3.05) is 47.9 Å². The number of nitrogens with zero attached hydrogens (tertiary/aromatic N) is 2. The zero-order valence-corrected chi connectivity index (χ0v) is 9.33. The molecule has 0 bridgehead atoms. The third-order valence-electron chi connectivity index (χ3n) is 2.50. The first-order valence-electron chi connectivity index (χ1n) is 4.69. The maximum atomic E-state index is 11.2. The minimum Gasteiger partial charge on any atom is -0.373 e. The summed E-state index contributed by atoms with van der Waals surface area (Å²) in [6, 6.07) is -0.0311. The van der Waals surface area contributed by atoms with E-state index in [1.165, 1.54) is 0 Å². The zero-order valence-electron chi connectivity index (χ0n) is 9.33. The van der Waals surface area contributed by atoms with Crippen LogP contribution < -0.4 is 5.32 Å². The molecule has 0 saturated carbocycles. The summed E-state index contributed by atoms with van der Waals surface area (Å²) < 4.78 is 5.45. The lowest BCUT2D eigenvalue weighted by Gasteiger charge is -2.49. The molecule has 1 aliphatic rings. The number of nitrogens with one attached hydrogen (secondary N) is 1. The molecule has 1 heterocycles. The Hall–Kier alpha value is -0.810. The van der Waals surface area contributed by atoms with Crippen molar-refractivity contribution in [3.8, 4) is 0 Å². The summed E-state index contributed by atoms with van der Waals surface area (Å²) in [4.78, 5) is 15.0. The smallest absolute Gasteiger partial charge is 0.317 e. The van der Waals surface area contributed by atoms with Crippen LogP contribution >= 0.6 is 0 Å².